The van der Waals surface area contributed by atoms with E-state index in [2.05, 4.69) is 17.6 Å². The molecule has 2 N–H and O–H groups in total. The van der Waals surface area contributed by atoms with Gasteiger partial charge >= 0.3 is 0 Å². The van der Waals surface area contributed by atoms with Gasteiger partial charge < -0.3 is 20.1 Å². The van der Waals surface area contributed by atoms with Crippen LogP contribution < -0.4 is 10.6 Å². The van der Waals surface area contributed by atoms with Crippen molar-refractivity contribution in [2.45, 2.75) is 32.7 Å². The molecule has 0 saturated carbocycles. The largest absolute Gasteiger partial charge is 0.382 e. The topological polar surface area (TPSA) is 59.6 Å². The Morgan fingerprint density at radius 3 is 2.89 bits per heavy atom. The first kappa shape index (κ1) is 15.4. The van der Waals surface area contributed by atoms with Crippen molar-refractivity contribution in [1.29, 1.82) is 0 Å². The van der Waals surface area contributed by atoms with Crippen molar-refractivity contribution >= 4 is 5.91 Å². The molecule has 1 rings (SSSR count). The summed E-state index contributed by atoms with van der Waals surface area (Å²) >= 11 is 0. The Bertz CT molecular complexity index is 236. The minimum absolute atomic E-state index is 0.0522. The minimum Gasteiger partial charge on any atom is -0.382 e. The van der Waals surface area contributed by atoms with Crippen LogP contribution in [0.3, 0.4) is 0 Å². The van der Waals surface area contributed by atoms with Crippen molar-refractivity contribution in [3.8, 4) is 0 Å². The van der Waals surface area contributed by atoms with Crippen LogP contribution in [0.5, 0.6) is 0 Å². The number of carbonyl (C=O) groups is 1. The van der Waals surface area contributed by atoms with E-state index in [0.717, 1.165) is 26.0 Å². The van der Waals surface area contributed by atoms with Gasteiger partial charge in [-0.3, -0.25) is 4.79 Å². The fourth-order valence-electron chi connectivity index (χ4n) is 2.00. The molecule has 1 fully saturated rings. The van der Waals surface area contributed by atoms with E-state index in [-0.39, 0.29) is 17.9 Å². The van der Waals surface area contributed by atoms with Crippen molar-refractivity contribution < 1.29 is 14.3 Å². The molecule has 0 bridgehead atoms. The number of amides is 1. The van der Waals surface area contributed by atoms with Gasteiger partial charge in [0.25, 0.3) is 0 Å². The Balaban J connectivity index is 2.18. The highest BCUT2D eigenvalue weighted by atomic mass is 16.5. The number of ether oxygens (including phenoxy) is 2. The maximum absolute atomic E-state index is 12.0. The van der Waals surface area contributed by atoms with Crippen LogP contribution in [0.15, 0.2) is 0 Å². The van der Waals surface area contributed by atoms with Crippen LogP contribution in [0.4, 0.5) is 0 Å². The normalized spacial score (nSPS) is 23.2. The van der Waals surface area contributed by atoms with Gasteiger partial charge in [-0.05, 0) is 26.3 Å². The highest BCUT2D eigenvalue weighted by Gasteiger charge is 2.33. The third kappa shape index (κ3) is 5.33. The summed E-state index contributed by atoms with van der Waals surface area (Å²) in [4.78, 5) is 12.0. The third-order valence-electron chi connectivity index (χ3n) is 3.04. The average molecular weight is 258 g/mol. The molecule has 1 saturated heterocycles. The molecule has 0 aromatic rings. The van der Waals surface area contributed by atoms with E-state index in [1.807, 2.05) is 6.92 Å². The van der Waals surface area contributed by atoms with Crippen LogP contribution in [-0.2, 0) is 14.3 Å². The molecule has 5 heteroatoms. The van der Waals surface area contributed by atoms with E-state index >= 15 is 0 Å². The first-order chi connectivity index (χ1) is 8.79. The summed E-state index contributed by atoms with van der Waals surface area (Å²) < 4.78 is 10.6. The first-order valence-electron chi connectivity index (χ1n) is 6.96. The zero-order chi connectivity index (χ0) is 13.2. The van der Waals surface area contributed by atoms with Gasteiger partial charge in [0.2, 0.25) is 5.91 Å². The summed E-state index contributed by atoms with van der Waals surface area (Å²) in [5, 5.41) is 6.31. The smallest absolute Gasteiger partial charge is 0.227 e. The fourth-order valence-corrected chi connectivity index (χ4v) is 2.00. The molecule has 0 aromatic heterocycles. The zero-order valence-electron chi connectivity index (χ0n) is 11.5. The molecular formula is C13H26N2O3. The fraction of sp³-hybridized carbons (Fsp3) is 0.923. The van der Waals surface area contributed by atoms with Gasteiger partial charge in [0.05, 0.1) is 19.1 Å². The molecule has 0 aliphatic carbocycles. The van der Waals surface area contributed by atoms with E-state index in [9.17, 15) is 4.79 Å². The van der Waals surface area contributed by atoms with Gasteiger partial charge in [-0.2, -0.15) is 0 Å². The summed E-state index contributed by atoms with van der Waals surface area (Å²) in [6.07, 6.45) is 1.93. The quantitative estimate of drug-likeness (QED) is 0.593. The second-order valence-electron chi connectivity index (χ2n) is 4.55. The molecule has 5 nitrogen and oxygen atoms in total. The second-order valence-corrected chi connectivity index (χ2v) is 4.55. The van der Waals surface area contributed by atoms with Crippen LogP contribution in [0, 0.1) is 5.92 Å². The van der Waals surface area contributed by atoms with Gasteiger partial charge in [0, 0.05) is 25.8 Å². The molecule has 1 heterocycles. The summed E-state index contributed by atoms with van der Waals surface area (Å²) in [5.74, 6) is 0.0428. The van der Waals surface area contributed by atoms with Gasteiger partial charge in [-0.1, -0.05) is 6.92 Å². The summed E-state index contributed by atoms with van der Waals surface area (Å²) in [6, 6.07) is 0.164. The third-order valence-corrected chi connectivity index (χ3v) is 3.04. The Labute approximate surface area is 110 Å². The van der Waals surface area contributed by atoms with E-state index in [1.54, 1.807) is 0 Å². The highest BCUT2D eigenvalue weighted by Crippen LogP contribution is 2.13. The Morgan fingerprint density at radius 2 is 2.17 bits per heavy atom. The average Bonchev–Trinajstić information content (AvgIpc) is 2.84. The number of rotatable bonds is 9. The van der Waals surface area contributed by atoms with Crippen LogP contribution in [-0.4, -0.2) is 51.5 Å². The zero-order valence-corrected chi connectivity index (χ0v) is 11.5. The van der Waals surface area contributed by atoms with Crippen LogP contribution in [0.1, 0.15) is 26.7 Å². The predicted molar refractivity (Wildman–Crippen MR) is 70.5 cm³/mol. The highest BCUT2D eigenvalue weighted by molar-refractivity contribution is 5.79. The Kier molecular flexibility index (Phi) is 7.96. The lowest BCUT2D eigenvalue weighted by molar-refractivity contribution is -0.125. The van der Waals surface area contributed by atoms with E-state index in [0.29, 0.717) is 26.4 Å². The molecule has 1 aliphatic heterocycles. The van der Waals surface area contributed by atoms with Crippen LogP contribution in [0.2, 0.25) is 0 Å². The number of carbonyl (C=O) groups excluding carboxylic acids is 1. The van der Waals surface area contributed by atoms with Gasteiger partial charge in [0.1, 0.15) is 0 Å². The van der Waals surface area contributed by atoms with Crippen LogP contribution in [0.25, 0.3) is 0 Å². The maximum atomic E-state index is 12.0. The Hall–Kier alpha value is -0.650. The summed E-state index contributed by atoms with van der Waals surface area (Å²) in [7, 11) is 0. The number of hydrogen-bond donors (Lipinski definition) is 2. The standard InChI is InChI=1S/C13H26N2O3/c1-3-6-14-12-10-18-9-11(12)13(16)15-7-5-8-17-4-2/h11-12,14H,3-10H2,1-2H3,(H,15,16). The van der Waals surface area contributed by atoms with E-state index < -0.39 is 0 Å². The molecular weight excluding hydrogens is 232 g/mol. The summed E-state index contributed by atoms with van der Waals surface area (Å²) in [5.41, 5.74) is 0. The van der Waals surface area contributed by atoms with Crippen molar-refractivity contribution in [3.63, 3.8) is 0 Å². The first-order valence-corrected chi connectivity index (χ1v) is 6.96. The molecule has 0 spiro atoms. The minimum atomic E-state index is -0.0522. The lowest BCUT2D eigenvalue weighted by Crippen LogP contribution is -2.44. The van der Waals surface area contributed by atoms with Gasteiger partial charge in [0.15, 0.2) is 0 Å². The van der Waals surface area contributed by atoms with Gasteiger partial charge in [-0.15, -0.1) is 0 Å². The molecule has 1 aliphatic rings. The monoisotopic (exact) mass is 258 g/mol. The van der Waals surface area contributed by atoms with Crippen LogP contribution >= 0.6 is 0 Å². The van der Waals surface area contributed by atoms with Crippen molar-refractivity contribution in [2.24, 2.45) is 5.92 Å². The van der Waals surface area contributed by atoms with Crippen molar-refractivity contribution in [1.82, 2.24) is 10.6 Å². The molecule has 1 amide bonds. The molecule has 0 aromatic carbocycles. The maximum Gasteiger partial charge on any atom is 0.227 e. The van der Waals surface area contributed by atoms with Gasteiger partial charge in [-0.25, -0.2) is 0 Å². The lowest BCUT2D eigenvalue weighted by atomic mass is 10.0. The molecule has 18 heavy (non-hydrogen) atoms. The van der Waals surface area contributed by atoms with E-state index in [1.165, 1.54) is 0 Å². The number of nitrogens with one attached hydrogen (secondary N) is 2. The molecule has 0 radical (unpaired) electrons. The van der Waals surface area contributed by atoms with Crippen molar-refractivity contribution in [3.05, 3.63) is 0 Å². The molecule has 106 valence electrons. The Morgan fingerprint density at radius 1 is 1.33 bits per heavy atom. The second kappa shape index (κ2) is 9.30. The molecule has 2 atom stereocenters. The predicted octanol–water partition coefficient (Wildman–Crippen LogP) is 0.544. The van der Waals surface area contributed by atoms with Crippen molar-refractivity contribution in [2.75, 3.05) is 39.5 Å². The summed E-state index contributed by atoms with van der Waals surface area (Å²) in [6.45, 7) is 8.29. The SMILES string of the molecule is CCCNC1COCC1C(=O)NCCCOCC. The van der Waals surface area contributed by atoms with E-state index in [4.69, 9.17) is 9.47 Å². The number of hydrogen-bond acceptors (Lipinski definition) is 4. The lowest BCUT2D eigenvalue weighted by Gasteiger charge is -2.18. The molecule has 2 unspecified atom stereocenters.